The van der Waals surface area contributed by atoms with E-state index < -0.39 is 11.2 Å². The van der Waals surface area contributed by atoms with E-state index in [4.69, 9.17) is 19.4 Å². The molecule has 1 amide bonds. The van der Waals surface area contributed by atoms with Crippen LogP contribution in [0.4, 0.5) is 11.8 Å². The molecule has 0 spiro atoms. The average Bonchev–Trinajstić information content (AvgIpc) is 3.79. The Labute approximate surface area is 239 Å². The lowest BCUT2D eigenvalue weighted by molar-refractivity contribution is -0.132. The van der Waals surface area contributed by atoms with Crippen molar-refractivity contribution < 1.29 is 18.8 Å². The molecule has 5 heterocycles. The van der Waals surface area contributed by atoms with Crippen molar-refractivity contribution in [2.24, 2.45) is 5.92 Å². The number of amides is 1. The van der Waals surface area contributed by atoms with Gasteiger partial charge in [0.25, 0.3) is 0 Å². The molecule has 1 aromatic carbocycles. The molecule has 0 radical (unpaired) electrons. The van der Waals surface area contributed by atoms with E-state index in [0.717, 1.165) is 125 Å². The molecule has 1 aliphatic carbocycles. The van der Waals surface area contributed by atoms with Gasteiger partial charge in [-0.15, -0.1) is 0 Å². The smallest absolute Gasteiger partial charge is 0.227 e. The van der Waals surface area contributed by atoms with Crippen LogP contribution in [0.1, 0.15) is 55.3 Å². The number of nitrogens with one attached hydrogen (secondary N) is 1. The molecule has 1 saturated carbocycles. The van der Waals surface area contributed by atoms with Gasteiger partial charge in [0.2, 0.25) is 16.8 Å². The molecular formula is C30H39N5O4S. The van der Waals surface area contributed by atoms with Gasteiger partial charge < -0.3 is 29.1 Å². The molecule has 1 N–H and O–H groups in total. The van der Waals surface area contributed by atoms with Crippen LogP contribution < -0.4 is 15.0 Å². The first-order valence-corrected chi connectivity index (χ1v) is 16.4. The molecule has 5 aliphatic rings. The second kappa shape index (κ2) is 11.4. The predicted octanol–water partition coefficient (Wildman–Crippen LogP) is 3.12. The molecule has 1 unspecified atom stereocenters. The summed E-state index contributed by atoms with van der Waals surface area (Å²) < 4.78 is 24.7. The van der Waals surface area contributed by atoms with E-state index >= 15 is 0 Å². The summed E-state index contributed by atoms with van der Waals surface area (Å²) in [5, 5.41) is 3.58. The van der Waals surface area contributed by atoms with Gasteiger partial charge in [-0.1, -0.05) is 6.07 Å². The number of benzene rings is 1. The van der Waals surface area contributed by atoms with Gasteiger partial charge in [0.15, 0.2) is 5.82 Å². The van der Waals surface area contributed by atoms with E-state index in [2.05, 4.69) is 33.3 Å². The lowest BCUT2D eigenvalue weighted by atomic mass is 10.0. The Kier molecular flexibility index (Phi) is 7.49. The molecule has 214 valence electrons. The Bertz CT molecular complexity index is 1240. The van der Waals surface area contributed by atoms with Gasteiger partial charge in [-0.2, -0.15) is 4.98 Å². The van der Waals surface area contributed by atoms with Crippen molar-refractivity contribution in [2.45, 2.75) is 74.8 Å². The van der Waals surface area contributed by atoms with Crippen LogP contribution in [0.25, 0.3) is 0 Å². The van der Waals surface area contributed by atoms with Crippen LogP contribution in [0.2, 0.25) is 0 Å². The van der Waals surface area contributed by atoms with Crippen LogP contribution in [0.3, 0.4) is 0 Å². The fourth-order valence-electron chi connectivity index (χ4n) is 6.41. The number of rotatable bonds is 6. The molecule has 2 saturated heterocycles. The minimum absolute atomic E-state index is 0.148. The molecule has 1 atom stereocenters. The fraction of sp³-hybridized carbons (Fsp3) is 0.633. The third kappa shape index (κ3) is 5.63. The zero-order chi connectivity index (χ0) is 27.1. The van der Waals surface area contributed by atoms with Crippen LogP contribution >= 0.6 is 0 Å². The maximum atomic E-state index is 12.7. The Morgan fingerprint density at radius 2 is 1.75 bits per heavy atom. The zero-order valence-corrected chi connectivity index (χ0v) is 23.9. The maximum Gasteiger partial charge on any atom is 0.227 e. The first-order chi connectivity index (χ1) is 19.6. The summed E-state index contributed by atoms with van der Waals surface area (Å²) in [4.78, 5) is 27.5. The molecule has 40 heavy (non-hydrogen) atoms. The van der Waals surface area contributed by atoms with Gasteiger partial charge in [0.05, 0.1) is 0 Å². The van der Waals surface area contributed by atoms with E-state index in [0.29, 0.717) is 17.7 Å². The summed E-state index contributed by atoms with van der Waals surface area (Å²) in [6.07, 6.45) is 8.50. The number of carbonyl (C=O) groups is 1. The average molecular weight is 566 g/mol. The summed E-state index contributed by atoms with van der Waals surface area (Å²) in [6.45, 7) is 4.78. The highest BCUT2D eigenvalue weighted by Gasteiger charge is 2.35. The normalized spacial score (nSPS) is 23.9. The Balaban J connectivity index is 0.980. The summed E-state index contributed by atoms with van der Waals surface area (Å²) in [5.74, 6) is 3.68. The second-order valence-electron chi connectivity index (χ2n) is 11.8. The first kappa shape index (κ1) is 26.3. The summed E-state index contributed by atoms with van der Waals surface area (Å²) in [6, 6.07) is 6.78. The van der Waals surface area contributed by atoms with E-state index in [1.807, 2.05) is 0 Å². The van der Waals surface area contributed by atoms with E-state index in [9.17, 15) is 9.35 Å². The first-order valence-electron chi connectivity index (χ1n) is 15.1. The number of piperidine rings is 1. The zero-order valence-electron chi connectivity index (χ0n) is 23.1. The molecule has 10 heteroatoms. The standard InChI is InChI=1S/C30H39N5O4S/c36-29(21-1-2-21)34-12-5-20-3-4-25(19-22(20)6-13-34)39-24-7-14-35(15-8-24)30-32-26-11-18-40(37)27(26)28(33-30)31-23-9-16-38-17-10-23/h3-4,19,21,23-24H,1-2,5-18H2,(H,31,32,33). The number of carbonyl (C=O) groups excluding carboxylic acids is 1. The minimum Gasteiger partial charge on any atom is -0.611 e. The summed E-state index contributed by atoms with van der Waals surface area (Å²) in [5.41, 5.74) is 3.58. The molecule has 4 aliphatic heterocycles. The Morgan fingerprint density at radius 3 is 2.52 bits per heavy atom. The highest BCUT2D eigenvalue weighted by molar-refractivity contribution is 7.91. The van der Waals surface area contributed by atoms with E-state index in [1.165, 1.54) is 11.1 Å². The third-order valence-electron chi connectivity index (χ3n) is 8.98. The lowest BCUT2D eigenvalue weighted by Crippen LogP contribution is -2.39. The van der Waals surface area contributed by atoms with Crippen molar-refractivity contribution >= 4 is 28.8 Å². The van der Waals surface area contributed by atoms with Crippen molar-refractivity contribution in [1.82, 2.24) is 14.9 Å². The van der Waals surface area contributed by atoms with E-state index in [-0.39, 0.29) is 12.0 Å². The summed E-state index contributed by atoms with van der Waals surface area (Å²) >= 11 is -1.04. The Morgan fingerprint density at radius 1 is 0.975 bits per heavy atom. The van der Waals surface area contributed by atoms with Crippen molar-refractivity contribution in [1.29, 1.82) is 0 Å². The number of anilines is 2. The van der Waals surface area contributed by atoms with Crippen LogP contribution in [0.15, 0.2) is 23.1 Å². The van der Waals surface area contributed by atoms with Gasteiger partial charge >= 0.3 is 0 Å². The van der Waals surface area contributed by atoms with Crippen molar-refractivity contribution in [3.8, 4) is 5.75 Å². The fourth-order valence-corrected chi connectivity index (χ4v) is 7.72. The van der Waals surface area contributed by atoms with Crippen molar-refractivity contribution in [3.05, 3.63) is 35.0 Å². The predicted molar refractivity (Wildman–Crippen MR) is 153 cm³/mol. The van der Waals surface area contributed by atoms with Gasteiger partial charge in [-0.3, -0.25) is 4.79 Å². The quantitative estimate of drug-likeness (QED) is 0.533. The third-order valence-corrected chi connectivity index (χ3v) is 10.4. The van der Waals surface area contributed by atoms with Crippen molar-refractivity contribution in [3.63, 3.8) is 0 Å². The van der Waals surface area contributed by atoms with Crippen LogP contribution in [0, 0.1) is 5.92 Å². The highest BCUT2D eigenvalue weighted by Crippen LogP contribution is 2.35. The SMILES string of the molecule is O=C(C1CC1)N1CCc2ccc(OC3CCN(c4nc5c(c(NC6CCOCC6)n4)[S+]([O-])CC5)CC3)cc2CC1. The van der Waals surface area contributed by atoms with Crippen LogP contribution in [0.5, 0.6) is 5.75 Å². The largest absolute Gasteiger partial charge is 0.611 e. The molecule has 2 aromatic rings. The molecule has 7 rings (SSSR count). The van der Waals surface area contributed by atoms with Crippen molar-refractivity contribution in [2.75, 3.05) is 55.4 Å². The van der Waals surface area contributed by atoms with Crippen LogP contribution in [-0.4, -0.2) is 82.6 Å². The highest BCUT2D eigenvalue weighted by atomic mass is 32.2. The number of aromatic nitrogens is 2. The topological polar surface area (TPSA) is 103 Å². The molecule has 1 aromatic heterocycles. The number of hydrogen-bond donors (Lipinski definition) is 1. The number of aryl methyl sites for hydroxylation is 1. The molecular weight excluding hydrogens is 526 g/mol. The number of fused-ring (bicyclic) bond motifs is 2. The molecule has 9 nitrogen and oxygen atoms in total. The minimum atomic E-state index is -1.04. The number of ether oxygens (including phenoxy) is 2. The number of hydrogen-bond acceptors (Lipinski definition) is 8. The van der Waals surface area contributed by atoms with Gasteiger partial charge in [0, 0.05) is 70.6 Å². The van der Waals surface area contributed by atoms with Gasteiger partial charge in [-0.25, -0.2) is 4.98 Å². The van der Waals surface area contributed by atoms with Gasteiger partial charge in [0.1, 0.15) is 23.3 Å². The van der Waals surface area contributed by atoms with Crippen LogP contribution in [-0.2, 0) is 40.0 Å². The summed E-state index contributed by atoms with van der Waals surface area (Å²) in [7, 11) is 0. The van der Waals surface area contributed by atoms with E-state index in [1.54, 1.807) is 0 Å². The monoisotopic (exact) mass is 565 g/mol. The Hall–Kier alpha value is -2.56. The maximum absolute atomic E-state index is 12.7. The second-order valence-corrected chi connectivity index (χ2v) is 13.3. The van der Waals surface area contributed by atoms with Gasteiger partial charge in [-0.05, 0) is 73.0 Å². The molecule has 0 bridgehead atoms. The number of nitrogens with zero attached hydrogens (tertiary/aromatic N) is 4. The lowest BCUT2D eigenvalue weighted by Gasteiger charge is -2.33. The molecule has 3 fully saturated rings.